The Bertz CT molecular complexity index is 877. The van der Waals surface area contributed by atoms with Crippen LogP contribution in [0.2, 0.25) is 5.02 Å². The van der Waals surface area contributed by atoms with Gasteiger partial charge in [-0.2, -0.15) is 5.10 Å². The summed E-state index contributed by atoms with van der Waals surface area (Å²) in [6, 6.07) is 5.65. The number of halogens is 2. The standard InChI is InChI=1S/C14H14BrClN4S/c1-3-4-10-12-13(19(2)18-10)20(14(21)17-12)11-7-8(16)5-6-9(11)15/h5-7H,3-4H2,1-2H3,(H,17,21). The number of aromatic nitrogens is 4. The summed E-state index contributed by atoms with van der Waals surface area (Å²) in [5.74, 6) is 0. The van der Waals surface area contributed by atoms with E-state index in [0.29, 0.717) is 9.79 Å². The first kappa shape index (κ1) is 14.8. The monoisotopic (exact) mass is 384 g/mol. The fourth-order valence-electron chi connectivity index (χ4n) is 2.51. The van der Waals surface area contributed by atoms with Gasteiger partial charge in [-0.1, -0.05) is 24.9 Å². The lowest BCUT2D eigenvalue weighted by molar-refractivity contribution is 0.735. The van der Waals surface area contributed by atoms with E-state index < -0.39 is 0 Å². The number of fused-ring (bicyclic) bond motifs is 1. The van der Waals surface area contributed by atoms with Crippen LogP contribution in [-0.4, -0.2) is 19.3 Å². The van der Waals surface area contributed by atoms with E-state index in [9.17, 15) is 0 Å². The number of benzene rings is 1. The highest BCUT2D eigenvalue weighted by molar-refractivity contribution is 9.10. The number of rotatable bonds is 3. The minimum Gasteiger partial charge on any atom is -0.327 e. The average Bonchev–Trinajstić information content (AvgIpc) is 2.91. The van der Waals surface area contributed by atoms with E-state index in [1.54, 1.807) is 0 Å². The van der Waals surface area contributed by atoms with Crippen molar-refractivity contribution in [3.05, 3.63) is 38.2 Å². The molecule has 0 atom stereocenters. The van der Waals surface area contributed by atoms with Crippen molar-refractivity contribution >= 4 is 50.9 Å². The van der Waals surface area contributed by atoms with Crippen LogP contribution < -0.4 is 0 Å². The fourth-order valence-corrected chi connectivity index (χ4v) is 3.38. The number of aryl methyl sites for hydroxylation is 2. The molecule has 0 aliphatic carbocycles. The van der Waals surface area contributed by atoms with Crippen molar-refractivity contribution in [3.8, 4) is 5.69 Å². The Morgan fingerprint density at radius 2 is 2.19 bits per heavy atom. The summed E-state index contributed by atoms with van der Waals surface area (Å²) in [4.78, 5) is 3.28. The van der Waals surface area contributed by atoms with Crippen LogP contribution in [0.1, 0.15) is 19.0 Å². The predicted molar refractivity (Wildman–Crippen MR) is 91.9 cm³/mol. The summed E-state index contributed by atoms with van der Waals surface area (Å²) >= 11 is 15.2. The number of aromatic amines is 1. The third-order valence-electron chi connectivity index (χ3n) is 3.37. The number of hydrogen-bond donors (Lipinski definition) is 1. The smallest absolute Gasteiger partial charge is 0.184 e. The largest absolute Gasteiger partial charge is 0.327 e. The number of imidazole rings is 1. The van der Waals surface area contributed by atoms with Crippen molar-refractivity contribution in [2.24, 2.45) is 7.05 Å². The van der Waals surface area contributed by atoms with Crippen LogP contribution in [-0.2, 0) is 13.5 Å². The average molecular weight is 386 g/mol. The van der Waals surface area contributed by atoms with Crippen LogP contribution in [0.25, 0.3) is 16.9 Å². The van der Waals surface area contributed by atoms with Gasteiger partial charge in [0.2, 0.25) is 0 Å². The summed E-state index contributed by atoms with van der Waals surface area (Å²) in [6.07, 6.45) is 1.96. The van der Waals surface area contributed by atoms with Crippen LogP contribution in [0.3, 0.4) is 0 Å². The van der Waals surface area contributed by atoms with Gasteiger partial charge < -0.3 is 4.98 Å². The molecule has 2 heterocycles. The Morgan fingerprint density at radius 3 is 2.90 bits per heavy atom. The molecule has 0 radical (unpaired) electrons. The zero-order valence-corrected chi connectivity index (χ0v) is 14.8. The maximum Gasteiger partial charge on any atom is 0.184 e. The molecule has 0 bridgehead atoms. The van der Waals surface area contributed by atoms with Crippen molar-refractivity contribution in [1.82, 2.24) is 19.3 Å². The lowest BCUT2D eigenvalue weighted by Gasteiger charge is -2.08. The molecule has 1 aromatic carbocycles. The molecule has 3 aromatic rings. The fraction of sp³-hybridized carbons (Fsp3) is 0.286. The second kappa shape index (κ2) is 5.59. The Labute approximate surface area is 140 Å². The van der Waals surface area contributed by atoms with E-state index in [-0.39, 0.29) is 0 Å². The first-order valence-corrected chi connectivity index (χ1v) is 8.23. The third-order valence-corrected chi connectivity index (χ3v) is 4.56. The van der Waals surface area contributed by atoms with Crippen LogP contribution in [0.4, 0.5) is 0 Å². The maximum atomic E-state index is 6.13. The molecule has 0 unspecified atom stereocenters. The molecule has 110 valence electrons. The molecular weight excluding hydrogens is 372 g/mol. The molecule has 0 aliphatic rings. The van der Waals surface area contributed by atoms with E-state index >= 15 is 0 Å². The minimum atomic E-state index is 0.637. The van der Waals surface area contributed by atoms with Crippen LogP contribution in [0.5, 0.6) is 0 Å². The summed E-state index contributed by atoms with van der Waals surface area (Å²) < 4.78 is 5.40. The number of nitrogens with one attached hydrogen (secondary N) is 1. The van der Waals surface area contributed by atoms with Gasteiger partial charge in [-0.3, -0.25) is 4.57 Å². The van der Waals surface area contributed by atoms with Gasteiger partial charge in [0.05, 0.1) is 11.4 Å². The van der Waals surface area contributed by atoms with Crippen molar-refractivity contribution in [2.45, 2.75) is 19.8 Å². The Balaban J connectivity index is 2.35. The van der Waals surface area contributed by atoms with Crippen molar-refractivity contribution in [1.29, 1.82) is 0 Å². The van der Waals surface area contributed by atoms with Gasteiger partial charge in [-0.05, 0) is 52.8 Å². The maximum absolute atomic E-state index is 6.13. The third kappa shape index (κ3) is 2.45. The van der Waals surface area contributed by atoms with Gasteiger partial charge in [-0.25, -0.2) is 4.68 Å². The summed E-state index contributed by atoms with van der Waals surface area (Å²) in [5.41, 5.74) is 3.89. The molecule has 0 saturated carbocycles. The molecule has 0 fully saturated rings. The van der Waals surface area contributed by atoms with Gasteiger partial charge in [0, 0.05) is 16.5 Å². The Kier molecular flexibility index (Phi) is 3.94. The van der Waals surface area contributed by atoms with Crippen molar-refractivity contribution < 1.29 is 0 Å². The molecule has 1 N–H and O–H groups in total. The van der Waals surface area contributed by atoms with Gasteiger partial charge in [-0.15, -0.1) is 0 Å². The lowest BCUT2D eigenvalue weighted by Crippen LogP contribution is -2.01. The summed E-state index contributed by atoms with van der Waals surface area (Å²) in [6.45, 7) is 2.14. The van der Waals surface area contributed by atoms with E-state index in [1.165, 1.54) is 0 Å². The predicted octanol–water partition coefficient (Wildman–Crippen LogP) is 4.79. The number of hydrogen-bond acceptors (Lipinski definition) is 2. The molecular formula is C14H14BrClN4S. The van der Waals surface area contributed by atoms with Crippen LogP contribution in [0, 0.1) is 4.77 Å². The number of H-pyrrole nitrogens is 1. The quantitative estimate of drug-likeness (QED) is 0.658. The highest BCUT2D eigenvalue weighted by Gasteiger charge is 2.17. The van der Waals surface area contributed by atoms with Gasteiger partial charge >= 0.3 is 0 Å². The molecule has 4 nitrogen and oxygen atoms in total. The highest BCUT2D eigenvalue weighted by atomic mass is 79.9. The van der Waals surface area contributed by atoms with Gasteiger partial charge in [0.25, 0.3) is 0 Å². The van der Waals surface area contributed by atoms with Crippen molar-refractivity contribution in [3.63, 3.8) is 0 Å². The van der Waals surface area contributed by atoms with E-state index in [2.05, 4.69) is 32.9 Å². The Hall–Kier alpha value is -1.11. The number of nitrogens with zero attached hydrogens (tertiary/aromatic N) is 3. The summed E-state index contributed by atoms with van der Waals surface area (Å²) in [5, 5.41) is 5.26. The SMILES string of the molecule is CCCc1nn(C)c2c1[nH]c(=S)n2-c1cc(Cl)ccc1Br. The van der Waals surface area contributed by atoms with Crippen LogP contribution in [0.15, 0.2) is 22.7 Å². The minimum absolute atomic E-state index is 0.637. The molecule has 0 aliphatic heterocycles. The Morgan fingerprint density at radius 1 is 1.43 bits per heavy atom. The lowest BCUT2D eigenvalue weighted by atomic mass is 10.2. The first-order chi connectivity index (χ1) is 10.0. The van der Waals surface area contributed by atoms with Gasteiger partial charge in [0.15, 0.2) is 10.4 Å². The molecule has 0 amide bonds. The molecule has 2 aromatic heterocycles. The second-order valence-electron chi connectivity index (χ2n) is 4.88. The molecule has 21 heavy (non-hydrogen) atoms. The topological polar surface area (TPSA) is 38.5 Å². The van der Waals surface area contributed by atoms with E-state index in [1.807, 2.05) is 34.5 Å². The second-order valence-corrected chi connectivity index (χ2v) is 6.56. The molecule has 7 heteroatoms. The van der Waals surface area contributed by atoms with E-state index in [4.69, 9.17) is 23.8 Å². The zero-order chi connectivity index (χ0) is 15.1. The normalized spacial score (nSPS) is 11.4. The van der Waals surface area contributed by atoms with Crippen LogP contribution >= 0.6 is 39.7 Å². The molecule has 0 spiro atoms. The summed E-state index contributed by atoms with van der Waals surface area (Å²) in [7, 11) is 1.93. The molecule has 0 saturated heterocycles. The van der Waals surface area contributed by atoms with E-state index in [0.717, 1.165) is 39.9 Å². The highest BCUT2D eigenvalue weighted by Crippen LogP contribution is 2.29. The first-order valence-electron chi connectivity index (χ1n) is 6.65. The van der Waals surface area contributed by atoms with Crippen molar-refractivity contribution in [2.75, 3.05) is 0 Å². The van der Waals surface area contributed by atoms with Gasteiger partial charge in [0.1, 0.15) is 5.52 Å². The zero-order valence-electron chi connectivity index (χ0n) is 11.7. The molecule has 3 rings (SSSR count).